The van der Waals surface area contributed by atoms with Crippen molar-refractivity contribution in [2.24, 2.45) is 0 Å². The third kappa shape index (κ3) is 3.39. The summed E-state index contributed by atoms with van der Waals surface area (Å²) in [6, 6.07) is 3.14. The maximum absolute atomic E-state index is 12.8. The van der Waals surface area contributed by atoms with Crippen LogP contribution in [0.15, 0.2) is 29.3 Å². The summed E-state index contributed by atoms with van der Waals surface area (Å²) in [5, 5.41) is 8.60. The number of nitrogens with zero attached hydrogens (tertiary/aromatic N) is 5. The predicted molar refractivity (Wildman–Crippen MR) is 89.9 cm³/mol. The van der Waals surface area contributed by atoms with Gasteiger partial charge < -0.3 is 4.90 Å². The van der Waals surface area contributed by atoms with E-state index in [1.807, 2.05) is 35.8 Å². The molecule has 0 unspecified atom stereocenters. The molecule has 0 spiro atoms. The highest BCUT2D eigenvalue weighted by molar-refractivity contribution is 5.92. The number of hydrogen-bond donors (Lipinski definition) is 0. The Kier molecular flexibility index (Phi) is 4.78. The van der Waals surface area contributed by atoms with Crippen LogP contribution in [0.5, 0.6) is 0 Å². The Bertz CT molecular complexity index is 779. The molecule has 1 aliphatic rings. The fourth-order valence-electron chi connectivity index (χ4n) is 3.08. The van der Waals surface area contributed by atoms with Gasteiger partial charge in [-0.25, -0.2) is 4.68 Å². The van der Waals surface area contributed by atoms with E-state index in [1.54, 1.807) is 0 Å². The fourth-order valence-corrected chi connectivity index (χ4v) is 3.08. The molecule has 1 fully saturated rings. The topological polar surface area (TPSA) is 73.0 Å². The van der Waals surface area contributed by atoms with Gasteiger partial charge in [0.2, 0.25) is 0 Å². The molecule has 2 aromatic rings. The monoisotopic (exact) mass is 329 g/mol. The van der Waals surface area contributed by atoms with Crippen LogP contribution in [-0.4, -0.2) is 43.5 Å². The van der Waals surface area contributed by atoms with Crippen molar-refractivity contribution < 1.29 is 4.79 Å². The smallest absolute Gasteiger partial charge is 0.274 e. The Labute approximate surface area is 140 Å². The Morgan fingerprint density at radius 2 is 2.21 bits per heavy atom. The third-order valence-corrected chi connectivity index (χ3v) is 4.31. The maximum atomic E-state index is 12.8. The average Bonchev–Trinajstić information content (AvgIpc) is 3.03. The Morgan fingerprint density at radius 1 is 1.38 bits per heavy atom. The number of aryl methyl sites for hydroxylation is 2. The van der Waals surface area contributed by atoms with E-state index >= 15 is 0 Å². The molecule has 2 aromatic heterocycles. The van der Waals surface area contributed by atoms with Crippen molar-refractivity contribution in [3.63, 3.8) is 0 Å². The summed E-state index contributed by atoms with van der Waals surface area (Å²) in [6.07, 6.45) is 6.59. The summed E-state index contributed by atoms with van der Waals surface area (Å²) >= 11 is 0. The molecule has 3 heterocycles. The molecule has 1 saturated heterocycles. The molecular weight excluding hydrogens is 306 g/mol. The van der Waals surface area contributed by atoms with Crippen LogP contribution in [0.2, 0.25) is 0 Å². The first-order valence-corrected chi connectivity index (χ1v) is 8.46. The Morgan fingerprint density at radius 3 is 2.92 bits per heavy atom. The Hall–Kier alpha value is -2.44. The van der Waals surface area contributed by atoms with E-state index in [0.717, 1.165) is 24.8 Å². The van der Waals surface area contributed by atoms with Crippen LogP contribution < -0.4 is 5.56 Å². The van der Waals surface area contributed by atoms with Gasteiger partial charge in [0.15, 0.2) is 0 Å². The van der Waals surface area contributed by atoms with Crippen molar-refractivity contribution in [1.29, 1.82) is 0 Å². The number of amides is 1. The van der Waals surface area contributed by atoms with E-state index in [1.165, 1.54) is 16.8 Å². The number of likely N-dealkylation sites (tertiary alicyclic amines) is 1. The van der Waals surface area contributed by atoms with Gasteiger partial charge in [-0.2, -0.15) is 10.2 Å². The van der Waals surface area contributed by atoms with Crippen LogP contribution in [0.25, 0.3) is 0 Å². The minimum absolute atomic E-state index is 0.117. The van der Waals surface area contributed by atoms with Crippen molar-refractivity contribution in [3.05, 3.63) is 46.1 Å². The van der Waals surface area contributed by atoms with Crippen molar-refractivity contribution in [1.82, 2.24) is 24.5 Å². The van der Waals surface area contributed by atoms with E-state index in [0.29, 0.717) is 25.3 Å². The zero-order chi connectivity index (χ0) is 17.1. The van der Waals surface area contributed by atoms with E-state index in [9.17, 15) is 9.59 Å². The van der Waals surface area contributed by atoms with Gasteiger partial charge in [0.05, 0.1) is 12.2 Å². The van der Waals surface area contributed by atoms with Crippen LogP contribution in [0.1, 0.15) is 48.3 Å². The van der Waals surface area contributed by atoms with Gasteiger partial charge in [-0.15, -0.1) is 0 Å². The number of piperidine rings is 1. The van der Waals surface area contributed by atoms with Crippen molar-refractivity contribution in [3.8, 4) is 0 Å². The summed E-state index contributed by atoms with van der Waals surface area (Å²) < 4.78 is 3.31. The number of rotatable bonds is 4. The summed E-state index contributed by atoms with van der Waals surface area (Å²) in [5.74, 6) is -0.117. The Balaban J connectivity index is 1.77. The van der Waals surface area contributed by atoms with Gasteiger partial charge in [0.1, 0.15) is 5.69 Å². The van der Waals surface area contributed by atoms with Crippen LogP contribution >= 0.6 is 0 Å². The lowest BCUT2D eigenvalue weighted by atomic mass is 10.1. The highest BCUT2D eigenvalue weighted by Gasteiger charge is 2.27. The number of aromatic nitrogens is 4. The zero-order valence-electron chi connectivity index (χ0n) is 14.2. The zero-order valence-corrected chi connectivity index (χ0v) is 14.2. The molecule has 24 heavy (non-hydrogen) atoms. The molecule has 7 nitrogen and oxygen atoms in total. The summed E-state index contributed by atoms with van der Waals surface area (Å²) in [5.41, 5.74) is 1.28. The highest BCUT2D eigenvalue weighted by atomic mass is 16.2. The van der Waals surface area contributed by atoms with Crippen LogP contribution in [0, 0.1) is 6.92 Å². The quantitative estimate of drug-likeness (QED) is 0.855. The van der Waals surface area contributed by atoms with Gasteiger partial charge in [-0.3, -0.25) is 14.3 Å². The molecular formula is C17H23N5O2. The first-order chi connectivity index (χ1) is 11.6. The van der Waals surface area contributed by atoms with Crippen LogP contribution in [0.3, 0.4) is 0 Å². The fraction of sp³-hybridized carbons (Fsp3) is 0.529. The van der Waals surface area contributed by atoms with E-state index in [4.69, 9.17) is 0 Å². The summed E-state index contributed by atoms with van der Waals surface area (Å²) in [7, 11) is 0. The first-order valence-electron chi connectivity index (χ1n) is 8.46. The van der Waals surface area contributed by atoms with Crippen molar-refractivity contribution in [2.75, 3.05) is 13.1 Å². The van der Waals surface area contributed by atoms with Gasteiger partial charge in [0.25, 0.3) is 11.5 Å². The highest BCUT2D eigenvalue weighted by Crippen LogP contribution is 2.22. The average molecular weight is 329 g/mol. The minimum atomic E-state index is -0.170. The standard InChI is InChI=1S/C17H23N5O2/c1-3-8-21-16(23)7-6-15(19-21)17(24)20-9-4-5-14(12-20)22-11-13(2)10-18-22/h6-7,10-11,14H,3-5,8-9,12H2,1-2H3/t14-/m0/s1. The normalized spacial score (nSPS) is 17.9. The van der Waals surface area contributed by atoms with Crippen molar-refractivity contribution in [2.45, 2.75) is 45.7 Å². The van der Waals surface area contributed by atoms with E-state index in [-0.39, 0.29) is 17.5 Å². The van der Waals surface area contributed by atoms with E-state index < -0.39 is 0 Å². The summed E-state index contributed by atoms with van der Waals surface area (Å²) in [6.45, 7) is 5.84. The first kappa shape index (κ1) is 16.4. The molecule has 1 atom stereocenters. The molecule has 0 N–H and O–H groups in total. The van der Waals surface area contributed by atoms with Crippen LogP contribution in [-0.2, 0) is 6.54 Å². The lowest BCUT2D eigenvalue weighted by Crippen LogP contribution is -2.41. The molecule has 0 bridgehead atoms. The molecule has 0 radical (unpaired) electrons. The minimum Gasteiger partial charge on any atom is -0.335 e. The van der Waals surface area contributed by atoms with Gasteiger partial charge in [-0.05, 0) is 37.8 Å². The molecule has 7 heteroatoms. The van der Waals surface area contributed by atoms with Gasteiger partial charge in [0, 0.05) is 31.9 Å². The molecule has 0 aromatic carbocycles. The number of carbonyl (C=O) groups is 1. The summed E-state index contributed by atoms with van der Waals surface area (Å²) in [4.78, 5) is 26.3. The third-order valence-electron chi connectivity index (χ3n) is 4.31. The number of carbonyl (C=O) groups excluding carboxylic acids is 1. The number of hydrogen-bond acceptors (Lipinski definition) is 4. The van der Waals surface area contributed by atoms with Gasteiger partial charge >= 0.3 is 0 Å². The lowest BCUT2D eigenvalue weighted by molar-refractivity contribution is 0.0664. The SMILES string of the molecule is CCCn1nc(C(=O)N2CCC[C@H](n3cc(C)cn3)C2)ccc1=O. The maximum Gasteiger partial charge on any atom is 0.274 e. The second-order valence-electron chi connectivity index (χ2n) is 6.32. The predicted octanol–water partition coefficient (Wildman–Crippen LogP) is 1.64. The van der Waals surface area contributed by atoms with Gasteiger partial charge in [-0.1, -0.05) is 6.92 Å². The molecule has 0 saturated carbocycles. The molecule has 3 rings (SSSR count). The second kappa shape index (κ2) is 6.98. The van der Waals surface area contributed by atoms with E-state index in [2.05, 4.69) is 10.2 Å². The molecule has 0 aliphatic carbocycles. The molecule has 1 amide bonds. The van der Waals surface area contributed by atoms with Crippen molar-refractivity contribution >= 4 is 5.91 Å². The van der Waals surface area contributed by atoms with Crippen LogP contribution in [0.4, 0.5) is 0 Å². The second-order valence-corrected chi connectivity index (χ2v) is 6.32. The molecule has 128 valence electrons. The molecule has 1 aliphatic heterocycles. The lowest BCUT2D eigenvalue weighted by Gasteiger charge is -2.32. The largest absolute Gasteiger partial charge is 0.335 e.